The molecule has 0 aliphatic carbocycles. The fourth-order valence-electron chi connectivity index (χ4n) is 2.79. The average molecular weight is 380 g/mol. The van der Waals surface area contributed by atoms with Gasteiger partial charge in [0.15, 0.2) is 11.5 Å². The zero-order valence-corrected chi connectivity index (χ0v) is 16.6. The number of rotatable bonds is 6. The summed E-state index contributed by atoms with van der Waals surface area (Å²) in [5.74, 6) is 1.47. The molecule has 0 saturated carbocycles. The van der Waals surface area contributed by atoms with Gasteiger partial charge in [0.25, 0.3) is 5.91 Å². The topological polar surface area (TPSA) is 77.5 Å². The number of carbonyl (C=O) groups is 2. The van der Waals surface area contributed by atoms with Crippen LogP contribution in [-0.2, 0) is 4.74 Å². The van der Waals surface area contributed by atoms with Crippen LogP contribution in [-0.4, -0.2) is 75.9 Å². The Balaban J connectivity index is 2.06. The SMILES string of the molecule is COc1cc(OC)c(C(=O)N2CCN(C(=O)OCC(C)C)CC2)cc1OC. The van der Waals surface area contributed by atoms with Crippen LogP contribution < -0.4 is 14.2 Å². The molecule has 0 unspecified atom stereocenters. The number of methoxy groups -OCH3 is 3. The first-order valence-corrected chi connectivity index (χ1v) is 8.92. The van der Waals surface area contributed by atoms with E-state index in [9.17, 15) is 9.59 Å². The molecule has 0 radical (unpaired) electrons. The van der Waals surface area contributed by atoms with Crippen LogP contribution in [0, 0.1) is 5.92 Å². The van der Waals surface area contributed by atoms with Crippen LogP contribution >= 0.6 is 0 Å². The maximum atomic E-state index is 13.0. The lowest BCUT2D eigenvalue weighted by Crippen LogP contribution is -2.50. The van der Waals surface area contributed by atoms with Gasteiger partial charge in [-0.3, -0.25) is 4.79 Å². The largest absolute Gasteiger partial charge is 0.496 e. The summed E-state index contributed by atoms with van der Waals surface area (Å²) < 4.78 is 21.1. The second-order valence-corrected chi connectivity index (χ2v) is 6.66. The third-order valence-corrected chi connectivity index (χ3v) is 4.30. The van der Waals surface area contributed by atoms with Crippen molar-refractivity contribution in [3.8, 4) is 17.2 Å². The van der Waals surface area contributed by atoms with Crippen molar-refractivity contribution >= 4 is 12.0 Å². The van der Waals surface area contributed by atoms with Gasteiger partial charge in [-0.05, 0) is 5.92 Å². The summed E-state index contributed by atoms with van der Waals surface area (Å²) in [6.07, 6.45) is -0.334. The van der Waals surface area contributed by atoms with Crippen molar-refractivity contribution < 1.29 is 28.5 Å². The van der Waals surface area contributed by atoms with Crippen molar-refractivity contribution in [2.24, 2.45) is 5.92 Å². The van der Waals surface area contributed by atoms with Gasteiger partial charge in [0, 0.05) is 38.3 Å². The molecule has 1 heterocycles. The molecule has 0 atom stereocenters. The van der Waals surface area contributed by atoms with Crippen LogP contribution in [0.1, 0.15) is 24.2 Å². The van der Waals surface area contributed by atoms with Gasteiger partial charge < -0.3 is 28.7 Å². The number of hydrogen-bond donors (Lipinski definition) is 0. The van der Waals surface area contributed by atoms with Crippen LogP contribution in [0.5, 0.6) is 17.2 Å². The van der Waals surface area contributed by atoms with E-state index in [1.807, 2.05) is 13.8 Å². The lowest BCUT2D eigenvalue weighted by Gasteiger charge is -2.34. The van der Waals surface area contributed by atoms with Gasteiger partial charge in [0.05, 0.1) is 33.5 Å². The van der Waals surface area contributed by atoms with Crippen molar-refractivity contribution in [3.05, 3.63) is 17.7 Å². The maximum absolute atomic E-state index is 13.0. The minimum Gasteiger partial charge on any atom is -0.496 e. The first-order valence-electron chi connectivity index (χ1n) is 8.92. The Labute approximate surface area is 159 Å². The van der Waals surface area contributed by atoms with Crippen LogP contribution in [0.4, 0.5) is 4.79 Å². The molecular formula is C19H28N2O6. The summed E-state index contributed by atoms with van der Waals surface area (Å²) in [6.45, 7) is 6.07. The van der Waals surface area contributed by atoms with Crippen LogP contribution in [0.25, 0.3) is 0 Å². The lowest BCUT2D eigenvalue weighted by molar-refractivity contribution is 0.0533. The normalized spacial score (nSPS) is 14.1. The fourth-order valence-corrected chi connectivity index (χ4v) is 2.79. The predicted molar refractivity (Wildman–Crippen MR) is 99.8 cm³/mol. The van der Waals surface area contributed by atoms with Gasteiger partial charge in [-0.15, -0.1) is 0 Å². The molecule has 0 bridgehead atoms. The minimum absolute atomic E-state index is 0.178. The molecule has 27 heavy (non-hydrogen) atoms. The molecule has 0 spiro atoms. The highest BCUT2D eigenvalue weighted by Crippen LogP contribution is 2.35. The summed E-state index contributed by atoms with van der Waals surface area (Å²) >= 11 is 0. The molecule has 1 aliphatic rings. The van der Waals surface area contributed by atoms with E-state index in [1.165, 1.54) is 21.3 Å². The van der Waals surface area contributed by atoms with Gasteiger partial charge in [-0.1, -0.05) is 13.8 Å². The van der Waals surface area contributed by atoms with Gasteiger partial charge in [-0.2, -0.15) is 0 Å². The van der Waals surface area contributed by atoms with Crippen molar-refractivity contribution in [2.75, 3.05) is 54.1 Å². The van der Waals surface area contributed by atoms with Gasteiger partial charge in [0.1, 0.15) is 5.75 Å². The number of ether oxygens (including phenoxy) is 4. The second-order valence-electron chi connectivity index (χ2n) is 6.66. The Hall–Kier alpha value is -2.64. The Morgan fingerprint density at radius 3 is 1.93 bits per heavy atom. The molecule has 0 aromatic heterocycles. The molecule has 1 aromatic rings. The zero-order valence-electron chi connectivity index (χ0n) is 16.6. The van der Waals surface area contributed by atoms with Gasteiger partial charge >= 0.3 is 6.09 Å². The standard InChI is InChI=1S/C19H28N2O6/c1-13(2)12-27-19(23)21-8-6-20(7-9-21)18(22)14-10-16(25-4)17(26-5)11-15(14)24-3/h10-11,13H,6-9,12H2,1-5H3. The van der Waals surface area contributed by atoms with E-state index in [0.717, 1.165) is 0 Å². The molecule has 1 fully saturated rings. The zero-order chi connectivity index (χ0) is 20.0. The average Bonchev–Trinajstić information content (AvgIpc) is 2.70. The van der Waals surface area contributed by atoms with Crippen molar-refractivity contribution in [1.29, 1.82) is 0 Å². The third kappa shape index (κ3) is 4.96. The molecule has 2 rings (SSSR count). The first kappa shape index (κ1) is 20.7. The number of benzene rings is 1. The highest BCUT2D eigenvalue weighted by Gasteiger charge is 2.28. The monoisotopic (exact) mass is 380 g/mol. The highest BCUT2D eigenvalue weighted by molar-refractivity contribution is 5.98. The van der Waals surface area contributed by atoms with E-state index >= 15 is 0 Å². The second kappa shape index (κ2) is 9.34. The summed E-state index contributed by atoms with van der Waals surface area (Å²) in [6, 6.07) is 3.24. The molecule has 2 amide bonds. The molecule has 150 valence electrons. The molecule has 1 aliphatic heterocycles. The number of hydrogen-bond acceptors (Lipinski definition) is 6. The smallest absolute Gasteiger partial charge is 0.409 e. The van der Waals surface area contributed by atoms with E-state index in [2.05, 4.69) is 0 Å². The fraction of sp³-hybridized carbons (Fsp3) is 0.579. The van der Waals surface area contributed by atoms with Crippen molar-refractivity contribution in [3.63, 3.8) is 0 Å². The minimum atomic E-state index is -0.334. The number of nitrogens with zero attached hydrogens (tertiary/aromatic N) is 2. The molecule has 8 heteroatoms. The van der Waals surface area contributed by atoms with Crippen LogP contribution in [0.15, 0.2) is 12.1 Å². The van der Waals surface area contributed by atoms with Gasteiger partial charge in [0.2, 0.25) is 0 Å². The van der Waals surface area contributed by atoms with E-state index in [0.29, 0.717) is 55.6 Å². The van der Waals surface area contributed by atoms with Crippen LogP contribution in [0.3, 0.4) is 0 Å². The molecule has 8 nitrogen and oxygen atoms in total. The third-order valence-electron chi connectivity index (χ3n) is 4.30. The Morgan fingerprint density at radius 1 is 0.889 bits per heavy atom. The van der Waals surface area contributed by atoms with Crippen molar-refractivity contribution in [1.82, 2.24) is 9.80 Å². The van der Waals surface area contributed by atoms with E-state index in [-0.39, 0.29) is 17.9 Å². The van der Waals surface area contributed by atoms with E-state index in [4.69, 9.17) is 18.9 Å². The summed E-state index contributed by atoms with van der Waals surface area (Å²) in [5, 5.41) is 0. The van der Waals surface area contributed by atoms with E-state index < -0.39 is 0 Å². The molecular weight excluding hydrogens is 352 g/mol. The predicted octanol–water partition coefficient (Wildman–Crippen LogP) is 2.26. The number of piperazine rings is 1. The first-order chi connectivity index (χ1) is 12.9. The lowest BCUT2D eigenvalue weighted by atomic mass is 10.1. The Bertz CT molecular complexity index is 668. The van der Waals surface area contributed by atoms with Crippen LogP contribution in [0.2, 0.25) is 0 Å². The van der Waals surface area contributed by atoms with Crippen molar-refractivity contribution in [2.45, 2.75) is 13.8 Å². The highest BCUT2D eigenvalue weighted by atomic mass is 16.6. The molecule has 0 N–H and O–H groups in total. The molecule has 1 aromatic carbocycles. The van der Waals surface area contributed by atoms with E-state index in [1.54, 1.807) is 21.9 Å². The quantitative estimate of drug-likeness (QED) is 0.753. The maximum Gasteiger partial charge on any atom is 0.409 e. The summed E-state index contributed by atoms with van der Waals surface area (Å²) in [5.41, 5.74) is 0.394. The number of amides is 2. The summed E-state index contributed by atoms with van der Waals surface area (Å²) in [4.78, 5) is 28.3. The Kier molecular flexibility index (Phi) is 7.15. The summed E-state index contributed by atoms with van der Waals surface area (Å²) in [7, 11) is 4.54. The molecule has 1 saturated heterocycles. The number of carbonyl (C=O) groups excluding carboxylic acids is 2. The van der Waals surface area contributed by atoms with Gasteiger partial charge in [-0.25, -0.2) is 4.79 Å². The Morgan fingerprint density at radius 2 is 1.41 bits per heavy atom.